The molecule has 130 valence electrons. The lowest BCUT2D eigenvalue weighted by atomic mass is 9.96. The van der Waals surface area contributed by atoms with Gasteiger partial charge in [-0.2, -0.15) is 0 Å². The zero-order valence-electron chi connectivity index (χ0n) is 13.4. The predicted molar refractivity (Wildman–Crippen MR) is 91.9 cm³/mol. The van der Waals surface area contributed by atoms with Crippen molar-refractivity contribution in [2.24, 2.45) is 5.92 Å². The number of anilines is 1. The molecule has 1 unspecified atom stereocenters. The molecule has 0 radical (unpaired) electrons. The molecular formula is C17H17N3O4S. The van der Waals surface area contributed by atoms with Crippen LogP contribution in [-0.2, 0) is 4.79 Å². The first-order chi connectivity index (χ1) is 12.2. The lowest BCUT2D eigenvalue weighted by Crippen LogP contribution is -2.43. The highest BCUT2D eigenvalue weighted by Gasteiger charge is 2.30. The standard InChI is InChI=1S/C17H17N3O4S/c21-15(19-17-18-5-7-25-17)12-2-1-6-20(9-12)16(22)11-3-4-13-14(8-11)24-10-23-13/h3-5,7-8,12H,1-2,6,9-10H2,(H,18,19,21). The van der Waals surface area contributed by atoms with Gasteiger partial charge in [0.1, 0.15) is 0 Å². The molecule has 1 fully saturated rings. The second kappa shape index (κ2) is 6.72. The first-order valence-corrected chi connectivity index (χ1v) is 8.98. The fourth-order valence-corrected chi connectivity index (χ4v) is 3.61. The number of fused-ring (bicyclic) bond motifs is 1. The van der Waals surface area contributed by atoms with Crippen molar-refractivity contribution in [1.29, 1.82) is 0 Å². The quantitative estimate of drug-likeness (QED) is 0.910. The topological polar surface area (TPSA) is 80.8 Å². The van der Waals surface area contributed by atoms with Gasteiger partial charge < -0.3 is 19.7 Å². The van der Waals surface area contributed by atoms with Crippen LogP contribution < -0.4 is 14.8 Å². The van der Waals surface area contributed by atoms with E-state index in [1.54, 1.807) is 29.3 Å². The van der Waals surface area contributed by atoms with Gasteiger partial charge in [0.2, 0.25) is 12.7 Å². The largest absolute Gasteiger partial charge is 0.454 e. The summed E-state index contributed by atoms with van der Waals surface area (Å²) in [6.07, 6.45) is 3.21. The predicted octanol–water partition coefficient (Wildman–Crippen LogP) is 2.36. The molecule has 0 spiro atoms. The molecule has 4 rings (SSSR count). The van der Waals surface area contributed by atoms with Gasteiger partial charge in [-0.15, -0.1) is 11.3 Å². The molecule has 0 bridgehead atoms. The minimum atomic E-state index is -0.226. The molecule has 1 saturated heterocycles. The van der Waals surface area contributed by atoms with Crippen molar-refractivity contribution in [3.63, 3.8) is 0 Å². The molecule has 2 aliphatic rings. The van der Waals surface area contributed by atoms with Gasteiger partial charge in [-0.3, -0.25) is 9.59 Å². The van der Waals surface area contributed by atoms with Crippen LogP contribution in [0.15, 0.2) is 29.8 Å². The van der Waals surface area contributed by atoms with E-state index in [0.717, 1.165) is 12.8 Å². The zero-order valence-corrected chi connectivity index (χ0v) is 14.3. The molecule has 1 N–H and O–H groups in total. The van der Waals surface area contributed by atoms with E-state index in [1.165, 1.54) is 11.3 Å². The van der Waals surface area contributed by atoms with Crippen molar-refractivity contribution in [2.75, 3.05) is 25.2 Å². The third-order valence-corrected chi connectivity index (χ3v) is 5.05. The number of carbonyl (C=O) groups excluding carboxylic acids is 2. The number of benzene rings is 1. The van der Waals surface area contributed by atoms with Gasteiger partial charge in [0.25, 0.3) is 5.91 Å². The Morgan fingerprint density at radius 3 is 3.00 bits per heavy atom. The van der Waals surface area contributed by atoms with E-state index in [2.05, 4.69) is 10.3 Å². The van der Waals surface area contributed by atoms with Crippen molar-refractivity contribution in [1.82, 2.24) is 9.88 Å². The monoisotopic (exact) mass is 359 g/mol. The third kappa shape index (κ3) is 3.30. The van der Waals surface area contributed by atoms with Gasteiger partial charge in [0, 0.05) is 30.2 Å². The summed E-state index contributed by atoms with van der Waals surface area (Å²) in [4.78, 5) is 31.0. The first kappa shape index (κ1) is 15.9. The van der Waals surface area contributed by atoms with E-state index in [1.807, 2.05) is 5.38 Å². The Morgan fingerprint density at radius 2 is 2.16 bits per heavy atom. The number of hydrogen-bond acceptors (Lipinski definition) is 6. The maximum absolute atomic E-state index is 12.8. The lowest BCUT2D eigenvalue weighted by molar-refractivity contribution is -0.121. The van der Waals surface area contributed by atoms with Crippen LogP contribution in [0.4, 0.5) is 5.13 Å². The minimum Gasteiger partial charge on any atom is -0.454 e. The van der Waals surface area contributed by atoms with Crippen LogP contribution >= 0.6 is 11.3 Å². The molecule has 3 heterocycles. The summed E-state index contributed by atoms with van der Waals surface area (Å²) in [7, 11) is 0. The highest BCUT2D eigenvalue weighted by molar-refractivity contribution is 7.13. The fraction of sp³-hybridized carbons (Fsp3) is 0.353. The average molecular weight is 359 g/mol. The number of nitrogens with one attached hydrogen (secondary N) is 1. The van der Waals surface area contributed by atoms with Gasteiger partial charge in [-0.05, 0) is 31.0 Å². The highest BCUT2D eigenvalue weighted by Crippen LogP contribution is 2.33. The van der Waals surface area contributed by atoms with Crippen molar-refractivity contribution < 1.29 is 19.1 Å². The van der Waals surface area contributed by atoms with Gasteiger partial charge in [0.05, 0.1) is 5.92 Å². The molecule has 2 aliphatic heterocycles. The number of ether oxygens (including phenoxy) is 2. The van der Waals surface area contributed by atoms with E-state index >= 15 is 0 Å². The Labute approximate surface area is 148 Å². The summed E-state index contributed by atoms with van der Waals surface area (Å²) >= 11 is 1.38. The Bertz CT molecular complexity index is 793. The van der Waals surface area contributed by atoms with Crippen LogP contribution in [0.2, 0.25) is 0 Å². The summed E-state index contributed by atoms with van der Waals surface area (Å²) in [5, 5.41) is 5.22. The van der Waals surface area contributed by atoms with E-state index in [4.69, 9.17) is 9.47 Å². The molecule has 7 nitrogen and oxygen atoms in total. The molecule has 1 aromatic carbocycles. The van der Waals surface area contributed by atoms with Gasteiger partial charge in [-0.25, -0.2) is 4.98 Å². The third-order valence-electron chi connectivity index (χ3n) is 4.36. The Morgan fingerprint density at radius 1 is 1.28 bits per heavy atom. The van der Waals surface area contributed by atoms with Gasteiger partial charge in [-0.1, -0.05) is 0 Å². The molecule has 0 saturated carbocycles. The molecule has 1 atom stereocenters. The molecule has 1 aromatic heterocycles. The number of hydrogen-bond donors (Lipinski definition) is 1. The molecule has 8 heteroatoms. The zero-order chi connectivity index (χ0) is 17.2. The number of likely N-dealkylation sites (tertiary alicyclic amines) is 1. The average Bonchev–Trinajstić information content (AvgIpc) is 3.32. The number of carbonyl (C=O) groups is 2. The van der Waals surface area contributed by atoms with Gasteiger partial charge in [0.15, 0.2) is 16.6 Å². The maximum Gasteiger partial charge on any atom is 0.254 e. The molecule has 2 amide bonds. The van der Waals surface area contributed by atoms with Crippen LogP contribution in [0, 0.1) is 5.92 Å². The van der Waals surface area contributed by atoms with E-state index in [9.17, 15) is 9.59 Å². The Balaban J connectivity index is 1.43. The molecule has 0 aliphatic carbocycles. The SMILES string of the molecule is O=C(Nc1nccs1)C1CCCN(C(=O)c2ccc3c(c2)OCO3)C1. The van der Waals surface area contributed by atoms with E-state index in [-0.39, 0.29) is 24.5 Å². The summed E-state index contributed by atoms with van der Waals surface area (Å²) in [6, 6.07) is 5.17. The lowest BCUT2D eigenvalue weighted by Gasteiger charge is -2.32. The summed E-state index contributed by atoms with van der Waals surface area (Å²) in [6.45, 7) is 1.23. The number of nitrogens with zero attached hydrogens (tertiary/aromatic N) is 2. The maximum atomic E-state index is 12.8. The van der Waals surface area contributed by atoms with E-state index < -0.39 is 0 Å². The normalized spacial score (nSPS) is 18.9. The molecule has 25 heavy (non-hydrogen) atoms. The fourth-order valence-electron chi connectivity index (χ4n) is 3.08. The summed E-state index contributed by atoms with van der Waals surface area (Å²) in [5.41, 5.74) is 0.547. The number of aromatic nitrogens is 1. The second-order valence-electron chi connectivity index (χ2n) is 5.98. The van der Waals surface area contributed by atoms with E-state index in [0.29, 0.717) is 35.3 Å². The number of amides is 2. The van der Waals surface area contributed by atoms with Crippen molar-refractivity contribution in [3.8, 4) is 11.5 Å². The summed E-state index contributed by atoms with van der Waals surface area (Å²) in [5.74, 6) is 0.829. The Kier molecular flexibility index (Phi) is 4.27. The van der Waals surface area contributed by atoms with Crippen LogP contribution in [0.5, 0.6) is 11.5 Å². The van der Waals surface area contributed by atoms with Crippen LogP contribution in [-0.4, -0.2) is 41.6 Å². The summed E-state index contributed by atoms with van der Waals surface area (Å²) < 4.78 is 10.6. The second-order valence-corrected chi connectivity index (χ2v) is 6.88. The molecule has 2 aromatic rings. The highest BCUT2D eigenvalue weighted by atomic mass is 32.1. The number of thiazole rings is 1. The van der Waals surface area contributed by atoms with Crippen LogP contribution in [0.25, 0.3) is 0 Å². The number of rotatable bonds is 3. The number of piperidine rings is 1. The minimum absolute atomic E-state index is 0.0851. The van der Waals surface area contributed by atoms with Crippen molar-refractivity contribution >= 4 is 28.3 Å². The van der Waals surface area contributed by atoms with Gasteiger partial charge >= 0.3 is 0 Å². The van der Waals surface area contributed by atoms with Crippen LogP contribution in [0.3, 0.4) is 0 Å². The van der Waals surface area contributed by atoms with Crippen LogP contribution in [0.1, 0.15) is 23.2 Å². The molecular weight excluding hydrogens is 342 g/mol. The van der Waals surface area contributed by atoms with Crippen molar-refractivity contribution in [3.05, 3.63) is 35.3 Å². The smallest absolute Gasteiger partial charge is 0.254 e. The van der Waals surface area contributed by atoms with Crippen molar-refractivity contribution in [2.45, 2.75) is 12.8 Å². The first-order valence-electron chi connectivity index (χ1n) is 8.10. The Hall–Kier alpha value is -2.61.